The minimum Gasteiger partial charge on any atom is -1.00 e. The Morgan fingerprint density at radius 1 is 1.25 bits per heavy atom. The number of para-hydroxylation sites is 1. The third-order valence-corrected chi connectivity index (χ3v) is 1.49. The van der Waals surface area contributed by atoms with Crippen LogP contribution in [0.1, 0.15) is 2.85 Å². The van der Waals surface area contributed by atoms with E-state index in [0.29, 0.717) is 5.75 Å². The predicted molar refractivity (Wildman–Crippen MR) is 49.9 cm³/mol. The maximum absolute atomic E-state index is 10.6. The van der Waals surface area contributed by atoms with E-state index in [0.717, 1.165) is 6.26 Å². The van der Waals surface area contributed by atoms with E-state index in [1.165, 1.54) is 0 Å². The van der Waals surface area contributed by atoms with E-state index in [4.69, 9.17) is 0 Å². The molecule has 0 saturated heterocycles. The minimum atomic E-state index is -3.38. The fraction of sp³-hybridized carbons (Fsp3) is 0.143. The van der Waals surface area contributed by atoms with Crippen LogP contribution in [0.5, 0.6) is 5.75 Å². The average molecular weight is 214 g/mol. The van der Waals surface area contributed by atoms with Gasteiger partial charge >= 0.3 is 47.9 Å². The van der Waals surface area contributed by atoms with E-state index in [1.807, 2.05) is 0 Å². The van der Waals surface area contributed by atoms with Gasteiger partial charge in [-0.15, -0.1) is 0 Å². The zero-order valence-electron chi connectivity index (χ0n) is 8.73. The van der Waals surface area contributed by atoms with Crippen molar-refractivity contribution < 1.29 is 15.5 Å². The maximum Gasteiger partial charge on any atom is 2.00 e. The van der Waals surface area contributed by atoms with Crippen LogP contribution in [0.2, 0.25) is 0 Å². The van der Waals surface area contributed by atoms with Gasteiger partial charge in [-0.05, 0) is 12.1 Å². The molecule has 0 unspecified atom stereocenters. The van der Waals surface area contributed by atoms with Crippen molar-refractivity contribution in [1.82, 2.24) is 0 Å². The van der Waals surface area contributed by atoms with Crippen molar-refractivity contribution in [2.24, 2.45) is 0 Å². The molecule has 0 bridgehead atoms. The van der Waals surface area contributed by atoms with Crippen LogP contribution in [0.15, 0.2) is 30.3 Å². The number of benzene rings is 1. The second-order valence-electron chi connectivity index (χ2n) is 2.10. The Morgan fingerprint density at radius 3 is 2.17 bits per heavy atom. The third-order valence-electron chi connectivity index (χ3n) is 0.991. The van der Waals surface area contributed by atoms with E-state index >= 15 is 0 Å². The second kappa shape index (κ2) is 5.07. The molecule has 0 aliphatic rings. The van der Waals surface area contributed by atoms with E-state index in [9.17, 15) is 8.42 Å². The summed E-state index contributed by atoms with van der Waals surface area (Å²) in [6.45, 7) is 0. The van der Waals surface area contributed by atoms with Gasteiger partial charge < -0.3 is 7.04 Å². The molecule has 5 heteroatoms. The van der Waals surface area contributed by atoms with Crippen molar-refractivity contribution in [3.63, 3.8) is 0 Å². The molecule has 1 rings (SSSR count). The van der Waals surface area contributed by atoms with Crippen molar-refractivity contribution in [3.05, 3.63) is 30.3 Å². The van der Waals surface area contributed by atoms with Gasteiger partial charge in [-0.1, -0.05) is 18.2 Å². The summed E-state index contributed by atoms with van der Waals surface area (Å²) in [6.07, 6.45) is 1.01. The van der Waals surface area contributed by atoms with Crippen LogP contribution in [0, 0.1) is 0 Å². The van der Waals surface area contributed by atoms with Gasteiger partial charge in [0.2, 0.25) is 0 Å². The Kier molecular flexibility index (Phi) is 5.16. The summed E-state index contributed by atoms with van der Waals surface area (Å²) >= 11 is 0. The van der Waals surface area contributed by atoms with Crippen LogP contribution in [-0.4, -0.2) is 52.4 Å². The summed E-state index contributed by atoms with van der Waals surface area (Å²) in [4.78, 5) is 0. The van der Waals surface area contributed by atoms with Crippen molar-refractivity contribution in [3.8, 4) is 5.75 Å². The Bertz CT molecular complexity index is 328. The summed E-state index contributed by atoms with van der Waals surface area (Å²) in [5.41, 5.74) is 0. The molecule has 1 aromatic rings. The molecule has 0 heterocycles. The molecule has 3 nitrogen and oxygen atoms in total. The number of hydrogen-bond acceptors (Lipinski definition) is 3. The smallest absolute Gasteiger partial charge is 1.00 e. The average Bonchev–Trinajstić information content (AvgIpc) is 1.85. The standard InChI is InChI=1S/C7H8O3S.Ca.2H/c1-11(8,9)10-7-5-3-2-4-6-7;;;/h2-6H,1H3;;;/q;+2;2*-1. The van der Waals surface area contributed by atoms with Crippen LogP contribution in [-0.2, 0) is 10.1 Å². The Morgan fingerprint density at radius 2 is 1.75 bits per heavy atom. The quantitative estimate of drug-likeness (QED) is 0.542. The fourth-order valence-electron chi connectivity index (χ4n) is 0.651. The van der Waals surface area contributed by atoms with Gasteiger partial charge in [0.05, 0.1) is 6.26 Å². The molecule has 0 fully saturated rings. The van der Waals surface area contributed by atoms with Gasteiger partial charge in [0.25, 0.3) is 0 Å². The molecule has 0 aliphatic carbocycles. The molecule has 0 atom stereocenters. The summed E-state index contributed by atoms with van der Waals surface area (Å²) in [7, 11) is -3.38. The van der Waals surface area contributed by atoms with E-state index in [2.05, 4.69) is 4.18 Å². The van der Waals surface area contributed by atoms with Crippen LogP contribution >= 0.6 is 0 Å². The first kappa shape index (κ1) is 12.2. The fourth-order valence-corrected chi connectivity index (χ4v) is 1.11. The van der Waals surface area contributed by atoms with Crippen LogP contribution in [0.25, 0.3) is 0 Å². The van der Waals surface area contributed by atoms with Crippen molar-refractivity contribution in [2.75, 3.05) is 6.26 Å². The molecule has 0 radical (unpaired) electrons. The molecule has 1 aromatic carbocycles. The molecular weight excluding hydrogens is 204 g/mol. The minimum absolute atomic E-state index is 0. The Balaban J connectivity index is -0.000000403. The molecule has 64 valence electrons. The topological polar surface area (TPSA) is 43.4 Å². The van der Waals surface area contributed by atoms with Crippen LogP contribution in [0.4, 0.5) is 0 Å². The van der Waals surface area contributed by atoms with E-state index in [-0.39, 0.29) is 40.6 Å². The normalized spacial score (nSPS) is 10.1. The molecule has 0 saturated carbocycles. The van der Waals surface area contributed by atoms with Crippen LogP contribution in [0.3, 0.4) is 0 Å². The van der Waals surface area contributed by atoms with Crippen LogP contribution < -0.4 is 4.18 Å². The van der Waals surface area contributed by atoms with E-state index < -0.39 is 10.1 Å². The van der Waals surface area contributed by atoms with Gasteiger partial charge in [-0.2, -0.15) is 8.42 Å². The third kappa shape index (κ3) is 4.98. The van der Waals surface area contributed by atoms with Gasteiger partial charge in [0.1, 0.15) is 5.75 Å². The zero-order chi connectivity index (χ0) is 8.32. The number of rotatable bonds is 2. The first-order chi connectivity index (χ1) is 5.08. The summed E-state index contributed by atoms with van der Waals surface area (Å²) < 4.78 is 25.7. The molecule has 12 heavy (non-hydrogen) atoms. The van der Waals surface area contributed by atoms with Gasteiger partial charge in [-0.3, -0.25) is 0 Å². The maximum atomic E-state index is 10.6. The molecule has 0 N–H and O–H groups in total. The number of hydrogen-bond donors (Lipinski definition) is 0. The molecule has 0 amide bonds. The molecular formula is C7H10CaO3S. The zero-order valence-corrected chi connectivity index (χ0v) is 9.75. The predicted octanol–water partition coefficient (Wildman–Crippen LogP) is 0.869. The molecule has 0 spiro atoms. The Labute approximate surface area is 105 Å². The SMILES string of the molecule is CS(=O)(=O)Oc1ccccc1.[Ca+2].[H-].[H-]. The first-order valence-corrected chi connectivity index (χ1v) is 4.84. The van der Waals surface area contributed by atoms with Gasteiger partial charge in [0, 0.05) is 0 Å². The Hall–Kier alpha value is 0.230. The summed E-state index contributed by atoms with van der Waals surface area (Å²) in [5, 5.41) is 0. The van der Waals surface area contributed by atoms with E-state index in [1.54, 1.807) is 30.3 Å². The first-order valence-electron chi connectivity index (χ1n) is 3.02. The van der Waals surface area contributed by atoms with Crippen molar-refractivity contribution >= 4 is 47.9 Å². The van der Waals surface area contributed by atoms with Gasteiger partial charge in [0.15, 0.2) is 0 Å². The van der Waals surface area contributed by atoms with Gasteiger partial charge in [-0.25, -0.2) is 0 Å². The van der Waals surface area contributed by atoms with Crippen molar-refractivity contribution in [1.29, 1.82) is 0 Å². The second-order valence-corrected chi connectivity index (χ2v) is 3.68. The molecule has 0 aromatic heterocycles. The molecule has 0 aliphatic heterocycles. The summed E-state index contributed by atoms with van der Waals surface area (Å²) in [6, 6.07) is 8.37. The monoisotopic (exact) mass is 214 g/mol. The largest absolute Gasteiger partial charge is 2.00 e. The van der Waals surface area contributed by atoms with Crippen molar-refractivity contribution in [2.45, 2.75) is 0 Å². The summed E-state index contributed by atoms with van der Waals surface area (Å²) in [5.74, 6) is 0.343.